The quantitative estimate of drug-likeness (QED) is 0.925. The van der Waals surface area contributed by atoms with Gasteiger partial charge in [0.05, 0.1) is 6.54 Å². The number of hydrogen-bond acceptors (Lipinski definition) is 3. The van der Waals surface area contributed by atoms with Crippen LogP contribution in [0.15, 0.2) is 30.6 Å². The Balaban J connectivity index is 1.91. The minimum Gasteiger partial charge on any atom is -0.384 e. The summed E-state index contributed by atoms with van der Waals surface area (Å²) in [5.74, 6) is 0.909. The highest BCUT2D eigenvalue weighted by atomic mass is 16.2. The highest BCUT2D eigenvalue weighted by Gasteiger charge is 2.13. The van der Waals surface area contributed by atoms with Crippen molar-refractivity contribution < 1.29 is 4.79 Å². The van der Waals surface area contributed by atoms with Crippen molar-refractivity contribution in [1.29, 1.82) is 0 Å². The molecule has 5 nitrogen and oxygen atoms in total. The first kappa shape index (κ1) is 12.7. The van der Waals surface area contributed by atoms with Crippen LogP contribution in [-0.4, -0.2) is 34.0 Å². The first-order valence-electron chi connectivity index (χ1n) is 6.76. The van der Waals surface area contributed by atoms with Crippen LogP contribution in [0.25, 0.3) is 5.69 Å². The second kappa shape index (κ2) is 5.00. The molecule has 1 aliphatic heterocycles. The average Bonchev–Trinajstić information content (AvgIpc) is 3.05. The van der Waals surface area contributed by atoms with Gasteiger partial charge in [-0.05, 0) is 30.2 Å². The van der Waals surface area contributed by atoms with Gasteiger partial charge in [0, 0.05) is 44.3 Å². The van der Waals surface area contributed by atoms with E-state index in [1.807, 2.05) is 10.8 Å². The van der Waals surface area contributed by atoms with Crippen LogP contribution < -0.4 is 5.32 Å². The van der Waals surface area contributed by atoms with Gasteiger partial charge in [-0.25, -0.2) is 4.98 Å². The molecular formula is C15H18N4O. The van der Waals surface area contributed by atoms with Crippen molar-refractivity contribution >= 4 is 11.6 Å². The van der Waals surface area contributed by atoms with Crippen LogP contribution >= 0.6 is 0 Å². The third-order valence-corrected chi connectivity index (χ3v) is 3.71. The number of rotatable bonds is 3. The molecule has 2 aromatic rings. The lowest BCUT2D eigenvalue weighted by Gasteiger charge is -2.16. The normalized spacial score (nSPS) is 12.9. The highest BCUT2D eigenvalue weighted by Crippen LogP contribution is 2.25. The van der Waals surface area contributed by atoms with Crippen molar-refractivity contribution in [2.45, 2.75) is 19.9 Å². The summed E-state index contributed by atoms with van der Waals surface area (Å²) in [6, 6.07) is 6.38. The molecule has 1 aromatic heterocycles. The van der Waals surface area contributed by atoms with Crippen molar-refractivity contribution in [3.8, 4) is 5.69 Å². The number of aromatic nitrogens is 2. The molecule has 0 fully saturated rings. The van der Waals surface area contributed by atoms with Crippen molar-refractivity contribution in [3.63, 3.8) is 0 Å². The largest absolute Gasteiger partial charge is 0.384 e. The summed E-state index contributed by atoms with van der Waals surface area (Å²) in [7, 11) is 1.79. The van der Waals surface area contributed by atoms with Gasteiger partial charge >= 0.3 is 0 Å². The number of fused-ring (bicyclic) bond motifs is 1. The fourth-order valence-corrected chi connectivity index (χ4v) is 2.45. The molecule has 0 unspecified atom stereocenters. The molecule has 20 heavy (non-hydrogen) atoms. The van der Waals surface area contributed by atoms with E-state index in [-0.39, 0.29) is 5.91 Å². The smallest absolute Gasteiger partial charge is 0.219 e. The van der Waals surface area contributed by atoms with Gasteiger partial charge in [-0.2, -0.15) is 0 Å². The zero-order valence-corrected chi connectivity index (χ0v) is 11.8. The minimum atomic E-state index is 0.0395. The molecule has 0 saturated carbocycles. The number of imidazole rings is 1. The topological polar surface area (TPSA) is 50.2 Å². The van der Waals surface area contributed by atoms with Gasteiger partial charge in [0.2, 0.25) is 5.91 Å². The van der Waals surface area contributed by atoms with Gasteiger partial charge in [-0.1, -0.05) is 0 Å². The Kier molecular flexibility index (Phi) is 3.18. The number of nitrogens with one attached hydrogen (secondary N) is 1. The zero-order chi connectivity index (χ0) is 14.1. The standard InChI is InChI=1S/C15H18N4O/c1-11(20)18(2)10-15-17-7-8-19(15)13-3-4-14-12(9-13)5-6-16-14/h3-4,7-9,16H,5-6,10H2,1-2H3. The Morgan fingerprint density at radius 1 is 1.50 bits per heavy atom. The molecule has 2 heterocycles. The molecule has 1 amide bonds. The van der Waals surface area contributed by atoms with Crippen LogP contribution in [0, 0.1) is 0 Å². The van der Waals surface area contributed by atoms with Crippen LogP contribution in [0.3, 0.4) is 0 Å². The van der Waals surface area contributed by atoms with Gasteiger partial charge in [0.1, 0.15) is 5.82 Å². The number of hydrogen-bond donors (Lipinski definition) is 1. The highest BCUT2D eigenvalue weighted by molar-refractivity contribution is 5.72. The summed E-state index contributed by atoms with van der Waals surface area (Å²) >= 11 is 0. The van der Waals surface area contributed by atoms with Crippen LogP contribution in [0.4, 0.5) is 5.69 Å². The fraction of sp³-hybridized carbons (Fsp3) is 0.333. The van der Waals surface area contributed by atoms with E-state index in [0.717, 1.165) is 24.5 Å². The van der Waals surface area contributed by atoms with Gasteiger partial charge in [-0.3, -0.25) is 4.79 Å². The van der Waals surface area contributed by atoms with Crippen LogP contribution in [-0.2, 0) is 17.8 Å². The summed E-state index contributed by atoms with van der Waals surface area (Å²) < 4.78 is 2.04. The van der Waals surface area contributed by atoms with Crippen LogP contribution in [0.5, 0.6) is 0 Å². The summed E-state index contributed by atoms with van der Waals surface area (Å²) in [4.78, 5) is 17.4. The number of benzene rings is 1. The van der Waals surface area contributed by atoms with E-state index in [1.54, 1.807) is 25.1 Å². The van der Waals surface area contributed by atoms with Crippen molar-refractivity contribution in [1.82, 2.24) is 14.5 Å². The van der Waals surface area contributed by atoms with Gasteiger partial charge < -0.3 is 14.8 Å². The van der Waals surface area contributed by atoms with E-state index in [1.165, 1.54) is 11.3 Å². The molecule has 0 bridgehead atoms. The lowest BCUT2D eigenvalue weighted by molar-refractivity contribution is -0.128. The Morgan fingerprint density at radius 2 is 2.35 bits per heavy atom. The predicted octanol–water partition coefficient (Wildman–Crippen LogP) is 1.82. The molecule has 3 rings (SSSR count). The fourth-order valence-electron chi connectivity index (χ4n) is 2.45. The van der Waals surface area contributed by atoms with Gasteiger partial charge in [-0.15, -0.1) is 0 Å². The maximum atomic E-state index is 11.4. The molecule has 0 spiro atoms. The Hall–Kier alpha value is -2.30. The number of amides is 1. The SMILES string of the molecule is CC(=O)N(C)Cc1nccn1-c1ccc2c(c1)CCN2. The molecule has 1 aromatic carbocycles. The summed E-state index contributed by atoms with van der Waals surface area (Å²) in [6.45, 7) is 3.08. The number of carbonyl (C=O) groups excluding carboxylic acids is 1. The number of nitrogens with zero attached hydrogens (tertiary/aromatic N) is 3. The second-order valence-electron chi connectivity index (χ2n) is 5.11. The molecule has 0 radical (unpaired) electrons. The average molecular weight is 270 g/mol. The van der Waals surface area contributed by atoms with E-state index in [9.17, 15) is 4.79 Å². The van der Waals surface area contributed by atoms with E-state index in [4.69, 9.17) is 0 Å². The molecule has 0 aliphatic carbocycles. The van der Waals surface area contributed by atoms with Gasteiger partial charge in [0.15, 0.2) is 0 Å². The Morgan fingerprint density at radius 3 is 3.15 bits per heavy atom. The maximum absolute atomic E-state index is 11.4. The second-order valence-corrected chi connectivity index (χ2v) is 5.11. The monoisotopic (exact) mass is 270 g/mol. The molecule has 1 aliphatic rings. The Labute approximate surface area is 118 Å². The van der Waals surface area contributed by atoms with E-state index in [0.29, 0.717) is 6.54 Å². The van der Waals surface area contributed by atoms with Crippen LogP contribution in [0.1, 0.15) is 18.3 Å². The van der Waals surface area contributed by atoms with E-state index < -0.39 is 0 Å². The minimum absolute atomic E-state index is 0.0395. The van der Waals surface area contributed by atoms with E-state index >= 15 is 0 Å². The van der Waals surface area contributed by atoms with E-state index in [2.05, 4.69) is 28.5 Å². The molecular weight excluding hydrogens is 252 g/mol. The summed E-state index contributed by atoms with van der Waals surface area (Å²) in [5, 5.41) is 3.36. The third kappa shape index (κ3) is 2.27. The van der Waals surface area contributed by atoms with Crippen molar-refractivity contribution in [2.24, 2.45) is 0 Å². The summed E-state index contributed by atoms with van der Waals surface area (Å²) in [5.41, 5.74) is 3.65. The van der Waals surface area contributed by atoms with Crippen LogP contribution in [0.2, 0.25) is 0 Å². The molecule has 1 N–H and O–H groups in total. The lowest BCUT2D eigenvalue weighted by Crippen LogP contribution is -2.24. The molecule has 5 heteroatoms. The molecule has 104 valence electrons. The predicted molar refractivity (Wildman–Crippen MR) is 77.9 cm³/mol. The first-order valence-corrected chi connectivity index (χ1v) is 6.76. The summed E-state index contributed by atoms with van der Waals surface area (Å²) in [6.07, 6.45) is 4.77. The van der Waals surface area contributed by atoms with Crippen molar-refractivity contribution in [3.05, 3.63) is 42.0 Å². The first-order chi connectivity index (χ1) is 9.65. The molecule has 0 atom stereocenters. The molecule has 0 saturated heterocycles. The van der Waals surface area contributed by atoms with Gasteiger partial charge in [0.25, 0.3) is 0 Å². The lowest BCUT2D eigenvalue weighted by atomic mass is 10.1. The van der Waals surface area contributed by atoms with Crippen molar-refractivity contribution in [2.75, 3.05) is 18.9 Å². The maximum Gasteiger partial charge on any atom is 0.219 e. The number of carbonyl (C=O) groups is 1. The third-order valence-electron chi connectivity index (χ3n) is 3.71. The Bertz CT molecular complexity index is 647. The zero-order valence-electron chi connectivity index (χ0n) is 11.8. The number of anilines is 1.